The Hall–Kier alpha value is -1.91. The summed E-state index contributed by atoms with van der Waals surface area (Å²) in [7, 11) is 1.16. The number of carbonyl (C=O) groups is 2. The summed E-state index contributed by atoms with van der Waals surface area (Å²) in [5.41, 5.74) is 0.638. The van der Waals surface area contributed by atoms with Gasteiger partial charge < -0.3 is 10.1 Å². The van der Waals surface area contributed by atoms with Crippen molar-refractivity contribution in [3.63, 3.8) is 0 Å². The maximum atomic E-state index is 12.2. The fourth-order valence-corrected chi connectivity index (χ4v) is 1.08. The molecule has 0 radical (unpaired) electrons. The molecule has 0 spiro atoms. The van der Waals surface area contributed by atoms with E-state index in [9.17, 15) is 14.0 Å². The van der Waals surface area contributed by atoms with E-state index < -0.39 is 18.2 Å². The van der Waals surface area contributed by atoms with E-state index in [1.807, 2.05) is 5.32 Å². The molecular weight excluding hydrogens is 213 g/mol. The van der Waals surface area contributed by atoms with Gasteiger partial charge in [-0.25, -0.2) is 9.59 Å². The number of amides is 1. The van der Waals surface area contributed by atoms with Crippen LogP contribution in [0.3, 0.4) is 0 Å². The summed E-state index contributed by atoms with van der Waals surface area (Å²) >= 11 is 0. The van der Waals surface area contributed by atoms with Crippen molar-refractivity contribution >= 4 is 12.1 Å². The lowest BCUT2D eigenvalue weighted by molar-refractivity contribution is -0.142. The van der Waals surface area contributed by atoms with Crippen molar-refractivity contribution < 1.29 is 18.7 Å². The summed E-state index contributed by atoms with van der Waals surface area (Å²) in [6.45, 7) is 7.00. The predicted molar refractivity (Wildman–Crippen MR) is 58.5 cm³/mol. The van der Waals surface area contributed by atoms with E-state index in [4.69, 9.17) is 0 Å². The number of carbonyl (C=O) groups excluding carboxylic acids is 2. The summed E-state index contributed by atoms with van der Waals surface area (Å²) < 4.78 is 16.6. The molecule has 0 aromatic heterocycles. The number of ether oxygens (including phenoxy) is 1. The number of hydrogen-bond donors (Lipinski definition) is 1. The van der Waals surface area contributed by atoms with Crippen molar-refractivity contribution in [2.75, 3.05) is 7.11 Å². The Bertz CT molecular complexity index is 323. The van der Waals surface area contributed by atoms with Crippen LogP contribution >= 0.6 is 0 Å². The van der Waals surface area contributed by atoms with Crippen molar-refractivity contribution in [1.82, 2.24) is 5.32 Å². The average molecular weight is 227 g/mol. The molecular formula is C11H14FNO3. The van der Waals surface area contributed by atoms with Gasteiger partial charge in [-0.05, 0) is 5.57 Å². The molecule has 1 unspecified atom stereocenters. The molecule has 0 bridgehead atoms. The monoisotopic (exact) mass is 227 g/mol. The zero-order valence-electron chi connectivity index (χ0n) is 9.03. The number of halogens is 1. The van der Waals surface area contributed by atoms with Crippen LogP contribution in [0.2, 0.25) is 0 Å². The first-order valence-corrected chi connectivity index (χ1v) is 4.53. The van der Waals surface area contributed by atoms with Gasteiger partial charge in [-0.3, -0.25) is 0 Å². The summed E-state index contributed by atoms with van der Waals surface area (Å²) in [6.07, 6.45) is 2.91. The summed E-state index contributed by atoms with van der Waals surface area (Å²) in [4.78, 5) is 21.5. The topological polar surface area (TPSA) is 55.4 Å². The smallest absolute Gasteiger partial charge is 0.398 e. The third kappa shape index (κ3) is 5.09. The van der Waals surface area contributed by atoms with Gasteiger partial charge in [0.1, 0.15) is 6.04 Å². The van der Waals surface area contributed by atoms with Crippen molar-refractivity contribution in [2.24, 2.45) is 0 Å². The molecule has 0 fully saturated rings. The Morgan fingerprint density at radius 2 is 2.12 bits per heavy atom. The van der Waals surface area contributed by atoms with Gasteiger partial charge in [-0.15, -0.1) is 4.39 Å². The van der Waals surface area contributed by atoms with Crippen molar-refractivity contribution in [3.8, 4) is 0 Å². The lowest BCUT2D eigenvalue weighted by Gasteiger charge is -2.14. The van der Waals surface area contributed by atoms with Gasteiger partial charge >= 0.3 is 12.1 Å². The van der Waals surface area contributed by atoms with Crippen LogP contribution in [-0.4, -0.2) is 25.3 Å². The molecule has 0 rings (SSSR count). The van der Waals surface area contributed by atoms with Crippen LogP contribution in [0.1, 0.15) is 6.42 Å². The molecule has 0 aliphatic carbocycles. The average Bonchev–Trinajstić information content (AvgIpc) is 2.25. The van der Waals surface area contributed by atoms with Crippen LogP contribution in [0.15, 0.2) is 37.0 Å². The molecule has 0 aliphatic rings. The van der Waals surface area contributed by atoms with E-state index in [0.717, 1.165) is 7.11 Å². The van der Waals surface area contributed by atoms with Crippen LogP contribution in [0.25, 0.3) is 0 Å². The predicted octanol–water partition coefficient (Wildman–Crippen LogP) is 1.90. The maximum absolute atomic E-state index is 12.2. The highest BCUT2D eigenvalue weighted by atomic mass is 19.1. The molecule has 16 heavy (non-hydrogen) atoms. The molecule has 1 atom stereocenters. The first kappa shape index (κ1) is 14.1. The maximum Gasteiger partial charge on any atom is 0.398 e. The third-order valence-corrected chi connectivity index (χ3v) is 1.81. The third-order valence-electron chi connectivity index (χ3n) is 1.81. The Morgan fingerprint density at radius 1 is 1.50 bits per heavy atom. The second kappa shape index (κ2) is 7.39. The van der Waals surface area contributed by atoms with Crippen LogP contribution in [0.4, 0.5) is 9.18 Å². The molecule has 0 aromatic rings. The second-order valence-corrected chi connectivity index (χ2v) is 2.88. The minimum absolute atomic E-state index is 0.0951. The van der Waals surface area contributed by atoms with Gasteiger partial charge in [0.25, 0.3) is 0 Å². The van der Waals surface area contributed by atoms with E-state index in [1.54, 1.807) is 6.08 Å². The molecule has 1 amide bonds. The number of hydrogen-bond acceptors (Lipinski definition) is 3. The lowest BCUT2D eigenvalue weighted by atomic mass is 10.1. The number of allylic oxidation sites excluding steroid dienone is 3. The van der Waals surface area contributed by atoms with Gasteiger partial charge in [-0.2, -0.15) is 0 Å². The molecule has 0 aromatic carbocycles. The van der Waals surface area contributed by atoms with E-state index in [0.29, 0.717) is 5.57 Å². The molecule has 0 aliphatic heterocycles. The largest absolute Gasteiger partial charge is 0.467 e. The fraction of sp³-hybridized carbons (Fsp3) is 0.273. The first-order chi connectivity index (χ1) is 7.54. The first-order valence-electron chi connectivity index (χ1n) is 4.53. The van der Waals surface area contributed by atoms with Crippen LogP contribution in [0.5, 0.6) is 0 Å². The Balaban J connectivity index is 4.70. The molecule has 0 saturated heterocycles. The number of methoxy groups -OCH3 is 1. The Morgan fingerprint density at radius 3 is 2.50 bits per heavy atom. The molecule has 0 saturated carbocycles. The van der Waals surface area contributed by atoms with Gasteiger partial charge in [0.15, 0.2) is 0 Å². The quantitative estimate of drug-likeness (QED) is 0.326. The van der Waals surface area contributed by atoms with Gasteiger partial charge in [0.05, 0.1) is 7.11 Å². The van der Waals surface area contributed by atoms with Gasteiger partial charge in [0, 0.05) is 6.42 Å². The molecule has 4 nitrogen and oxygen atoms in total. The van der Waals surface area contributed by atoms with E-state index in [-0.39, 0.29) is 6.42 Å². The van der Waals surface area contributed by atoms with Crippen LogP contribution < -0.4 is 5.32 Å². The Labute approximate surface area is 93.5 Å². The lowest BCUT2D eigenvalue weighted by Crippen LogP contribution is -2.39. The van der Waals surface area contributed by atoms with Crippen molar-refractivity contribution in [2.45, 2.75) is 12.5 Å². The highest BCUT2D eigenvalue weighted by molar-refractivity contribution is 5.81. The standard InChI is InChI=1S/C11H14FNO3/c1-4-6-8(5-2)7-9(10(14)16-3)13-11(12)15/h4-6,9H,1-2,7H2,3H3,(H,13,15)/b8-6+. The van der Waals surface area contributed by atoms with E-state index in [1.165, 1.54) is 12.2 Å². The number of rotatable bonds is 6. The van der Waals surface area contributed by atoms with E-state index in [2.05, 4.69) is 17.9 Å². The summed E-state index contributed by atoms with van der Waals surface area (Å²) in [5, 5.41) is 1.85. The van der Waals surface area contributed by atoms with Crippen molar-refractivity contribution in [3.05, 3.63) is 37.0 Å². The molecule has 5 heteroatoms. The highest BCUT2D eigenvalue weighted by Crippen LogP contribution is 2.08. The summed E-state index contributed by atoms with van der Waals surface area (Å²) in [5.74, 6) is -0.720. The Kier molecular flexibility index (Phi) is 6.51. The molecule has 0 heterocycles. The number of nitrogens with one attached hydrogen (secondary N) is 1. The summed E-state index contributed by atoms with van der Waals surface area (Å²) in [6, 6.07) is -1.06. The molecule has 88 valence electrons. The minimum atomic E-state index is -1.78. The van der Waals surface area contributed by atoms with Gasteiger partial charge in [-0.1, -0.05) is 31.4 Å². The second-order valence-electron chi connectivity index (χ2n) is 2.88. The van der Waals surface area contributed by atoms with Crippen molar-refractivity contribution in [1.29, 1.82) is 0 Å². The SMILES string of the molecule is C=C/C=C(\C=C)CC(NC(=O)F)C(=O)OC. The number of esters is 1. The normalized spacial score (nSPS) is 12.5. The fourth-order valence-electron chi connectivity index (χ4n) is 1.08. The minimum Gasteiger partial charge on any atom is -0.467 e. The molecule has 1 N–H and O–H groups in total. The zero-order chi connectivity index (χ0) is 12.6. The highest BCUT2D eigenvalue weighted by Gasteiger charge is 2.21. The van der Waals surface area contributed by atoms with Crippen LogP contribution in [-0.2, 0) is 9.53 Å². The van der Waals surface area contributed by atoms with E-state index >= 15 is 0 Å². The zero-order valence-corrected chi connectivity index (χ0v) is 9.03. The van der Waals surface area contributed by atoms with Gasteiger partial charge in [0.2, 0.25) is 0 Å². The van der Waals surface area contributed by atoms with Crippen LogP contribution in [0, 0.1) is 0 Å².